The maximum absolute atomic E-state index is 5.99. The molecular weight excluding hydrogens is 298 g/mol. The van der Waals surface area contributed by atoms with Crippen molar-refractivity contribution in [1.82, 2.24) is 14.5 Å². The molecule has 1 aliphatic carbocycles. The van der Waals surface area contributed by atoms with Gasteiger partial charge in [-0.05, 0) is 36.9 Å². The van der Waals surface area contributed by atoms with E-state index in [1.165, 1.54) is 19.3 Å². The lowest BCUT2D eigenvalue weighted by molar-refractivity contribution is 0.533. The quantitative estimate of drug-likeness (QED) is 0.841. The van der Waals surface area contributed by atoms with Crippen LogP contribution in [0.3, 0.4) is 0 Å². The third-order valence-corrected chi connectivity index (χ3v) is 5.47. The molecule has 2 atom stereocenters. The van der Waals surface area contributed by atoms with Crippen LogP contribution in [0.25, 0.3) is 11.2 Å². The molecule has 3 nitrogen and oxygen atoms in total. The van der Waals surface area contributed by atoms with Gasteiger partial charge in [0.15, 0.2) is 10.4 Å². The Morgan fingerprint density at radius 2 is 2.42 bits per heavy atom. The normalized spacial score (nSPS) is 23.3. The third kappa shape index (κ3) is 2.43. The first-order chi connectivity index (χ1) is 9.20. The monoisotopic (exact) mass is 313 g/mol. The van der Waals surface area contributed by atoms with Crippen LogP contribution in [-0.4, -0.2) is 25.5 Å². The summed E-state index contributed by atoms with van der Waals surface area (Å²) in [4.78, 5) is 7.69. The molecule has 2 aromatic heterocycles. The standard InChI is InChI=1S/C13H16ClN3S2/c1-2-19-11-5-3-4-10(11)17-12-9(16-13(17)18)6-8(14)7-15-12/h6-7,10-11H,2-5H2,1H3,(H,16,18). The van der Waals surface area contributed by atoms with Crippen molar-refractivity contribution in [2.75, 3.05) is 5.75 Å². The molecule has 0 radical (unpaired) electrons. The molecule has 2 aromatic rings. The van der Waals surface area contributed by atoms with E-state index < -0.39 is 0 Å². The summed E-state index contributed by atoms with van der Waals surface area (Å²) in [6, 6.07) is 2.35. The highest BCUT2D eigenvalue weighted by Crippen LogP contribution is 2.39. The molecule has 0 spiro atoms. The third-order valence-electron chi connectivity index (χ3n) is 3.65. The smallest absolute Gasteiger partial charge is 0.179 e. The summed E-state index contributed by atoms with van der Waals surface area (Å²) in [5.41, 5.74) is 1.87. The Kier molecular flexibility index (Phi) is 3.87. The number of imidazole rings is 1. The Balaban J connectivity index is 2.09. The molecule has 1 fully saturated rings. The van der Waals surface area contributed by atoms with E-state index in [1.54, 1.807) is 6.20 Å². The number of fused-ring (bicyclic) bond motifs is 1. The van der Waals surface area contributed by atoms with Crippen LogP contribution in [0.1, 0.15) is 32.2 Å². The van der Waals surface area contributed by atoms with Crippen LogP contribution in [0.5, 0.6) is 0 Å². The maximum atomic E-state index is 5.99. The van der Waals surface area contributed by atoms with Gasteiger partial charge in [-0.1, -0.05) is 24.9 Å². The van der Waals surface area contributed by atoms with E-state index in [0.29, 0.717) is 16.3 Å². The first-order valence-electron chi connectivity index (χ1n) is 6.58. The second kappa shape index (κ2) is 5.46. The molecule has 3 rings (SSSR count). The fourth-order valence-corrected chi connectivity index (χ4v) is 4.64. The van der Waals surface area contributed by atoms with Gasteiger partial charge in [-0.2, -0.15) is 11.8 Å². The zero-order valence-electron chi connectivity index (χ0n) is 10.7. The average Bonchev–Trinajstić information content (AvgIpc) is 2.92. The number of hydrogen-bond acceptors (Lipinski definition) is 3. The molecule has 0 bridgehead atoms. The van der Waals surface area contributed by atoms with Gasteiger partial charge in [-0.15, -0.1) is 0 Å². The van der Waals surface area contributed by atoms with E-state index in [0.717, 1.165) is 21.7 Å². The molecule has 6 heteroatoms. The number of thioether (sulfide) groups is 1. The summed E-state index contributed by atoms with van der Waals surface area (Å²) in [6.07, 6.45) is 5.42. The van der Waals surface area contributed by atoms with Gasteiger partial charge in [0.2, 0.25) is 0 Å². The van der Waals surface area contributed by atoms with E-state index in [-0.39, 0.29) is 0 Å². The minimum Gasteiger partial charge on any atom is -0.329 e. The van der Waals surface area contributed by atoms with Crippen molar-refractivity contribution in [3.63, 3.8) is 0 Å². The van der Waals surface area contributed by atoms with Gasteiger partial charge >= 0.3 is 0 Å². The first kappa shape index (κ1) is 13.5. The molecule has 0 saturated heterocycles. The Morgan fingerprint density at radius 1 is 1.58 bits per heavy atom. The molecule has 1 saturated carbocycles. The van der Waals surface area contributed by atoms with Crippen LogP contribution in [0.4, 0.5) is 0 Å². The van der Waals surface area contributed by atoms with Crippen molar-refractivity contribution in [2.24, 2.45) is 0 Å². The lowest BCUT2D eigenvalue weighted by atomic mass is 10.2. The summed E-state index contributed by atoms with van der Waals surface area (Å²) in [7, 11) is 0. The summed E-state index contributed by atoms with van der Waals surface area (Å²) in [5.74, 6) is 1.15. The summed E-state index contributed by atoms with van der Waals surface area (Å²) < 4.78 is 2.96. The average molecular weight is 314 g/mol. The molecule has 0 aliphatic heterocycles. The fraction of sp³-hybridized carbons (Fsp3) is 0.538. The predicted molar refractivity (Wildman–Crippen MR) is 84.7 cm³/mol. The van der Waals surface area contributed by atoms with Crippen molar-refractivity contribution in [1.29, 1.82) is 0 Å². The van der Waals surface area contributed by atoms with Crippen molar-refractivity contribution in [2.45, 2.75) is 37.5 Å². The van der Waals surface area contributed by atoms with Crippen LogP contribution < -0.4 is 0 Å². The Hall–Kier alpha value is -0.520. The highest BCUT2D eigenvalue weighted by molar-refractivity contribution is 7.99. The number of aromatic nitrogens is 3. The van der Waals surface area contributed by atoms with Crippen molar-refractivity contribution >= 4 is 46.7 Å². The molecule has 0 aromatic carbocycles. The number of hydrogen-bond donors (Lipinski definition) is 1. The predicted octanol–water partition coefficient (Wildman–Crippen LogP) is 4.59. The van der Waals surface area contributed by atoms with E-state index in [1.807, 2.05) is 17.8 Å². The number of pyridine rings is 1. The number of nitrogens with zero attached hydrogens (tertiary/aromatic N) is 2. The van der Waals surface area contributed by atoms with E-state index in [2.05, 4.69) is 21.5 Å². The van der Waals surface area contributed by atoms with Crippen LogP contribution >= 0.6 is 35.6 Å². The SMILES string of the molecule is CCSC1CCCC1n1c(=S)[nH]c2cc(Cl)cnc21. The van der Waals surface area contributed by atoms with Crippen molar-refractivity contribution in [3.8, 4) is 0 Å². The largest absolute Gasteiger partial charge is 0.329 e. The number of H-pyrrole nitrogens is 1. The van der Waals surface area contributed by atoms with E-state index in [4.69, 9.17) is 23.8 Å². The van der Waals surface area contributed by atoms with Gasteiger partial charge in [0.05, 0.1) is 10.5 Å². The molecule has 1 aliphatic rings. The Labute approximate surface area is 126 Å². The number of aromatic amines is 1. The van der Waals surface area contributed by atoms with Crippen LogP contribution in [0, 0.1) is 4.77 Å². The minimum atomic E-state index is 0.458. The van der Waals surface area contributed by atoms with Gasteiger partial charge in [0.25, 0.3) is 0 Å². The number of nitrogens with one attached hydrogen (secondary N) is 1. The van der Waals surface area contributed by atoms with Crippen LogP contribution in [-0.2, 0) is 0 Å². The van der Waals surface area contributed by atoms with E-state index >= 15 is 0 Å². The van der Waals surface area contributed by atoms with E-state index in [9.17, 15) is 0 Å². The minimum absolute atomic E-state index is 0.458. The van der Waals surface area contributed by atoms with Gasteiger partial charge in [-0.25, -0.2) is 4.98 Å². The second-order valence-electron chi connectivity index (χ2n) is 4.82. The lowest BCUT2D eigenvalue weighted by Crippen LogP contribution is -2.16. The highest BCUT2D eigenvalue weighted by atomic mass is 35.5. The summed E-state index contributed by atoms with van der Waals surface area (Å²) in [6.45, 7) is 2.21. The zero-order chi connectivity index (χ0) is 13.4. The van der Waals surface area contributed by atoms with Crippen LogP contribution in [0.15, 0.2) is 12.3 Å². The number of halogens is 1. The summed E-state index contributed by atoms with van der Waals surface area (Å²) >= 11 is 13.5. The molecule has 2 unspecified atom stereocenters. The molecule has 0 amide bonds. The number of rotatable bonds is 3. The van der Waals surface area contributed by atoms with Gasteiger partial charge in [0.1, 0.15) is 0 Å². The first-order valence-corrected chi connectivity index (χ1v) is 8.41. The lowest BCUT2D eigenvalue weighted by Gasteiger charge is -2.20. The van der Waals surface area contributed by atoms with Crippen molar-refractivity contribution < 1.29 is 0 Å². The zero-order valence-corrected chi connectivity index (χ0v) is 13.1. The second-order valence-corrected chi connectivity index (χ2v) is 7.16. The molecule has 102 valence electrons. The van der Waals surface area contributed by atoms with Gasteiger partial charge in [-0.3, -0.25) is 4.57 Å². The Bertz CT molecular complexity index is 649. The molecular formula is C13H16ClN3S2. The molecule has 19 heavy (non-hydrogen) atoms. The highest BCUT2D eigenvalue weighted by Gasteiger charge is 2.30. The topological polar surface area (TPSA) is 33.6 Å². The fourth-order valence-electron chi connectivity index (χ4n) is 2.91. The maximum Gasteiger partial charge on any atom is 0.179 e. The van der Waals surface area contributed by atoms with Gasteiger partial charge < -0.3 is 4.98 Å². The van der Waals surface area contributed by atoms with Crippen molar-refractivity contribution in [3.05, 3.63) is 22.1 Å². The van der Waals surface area contributed by atoms with Gasteiger partial charge in [0, 0.05) is 17.5 Å². The van der Waals surface area contributed by atoms with Crippen LogP contribution in [0.2, 0.25) is 5.02 Å². The molecule has 1 N–H and O–H groups in total. The molecule has 2 heterocycles. The summed E-state index contributed by atoms with van der Waals surface area (Å²) in [5, 5.41) is 1.29. The Morgan fingerprint density at radius 3 is 3.21 bits per heavy atom.